The third-order valence-electron chi connectivity index (χ3n) is 6.73. The summed E-state index contributed by atoms with van der Waals surface area (Å²) < 4.78 is 0. The lowest BCUT2D eigenvalue weighted by molar-refractivity contribution is -0.136. The van der Waals surface area contributed by atoms with Gasteiger partial charge in [0.1, 0.15) is 6.04 Å². The molecule has 8 heteroatoms. The molecule has 0 saturated carbocycles. The Morgan fingerprint density at radius 1 is 1.00 bits per heavy atom. The number of amides is 4. The summed E-state index contributed by atoms with van der Waals surface area (Å²) in [5.41, 5.74) is 5.43. The third kappa shape index (κ3) is 3.96. The van der Waals surface area contributed by atoms with E-state index >= 15 is 0 Å². The summed E-state index contributed by atoms with van der Waals surface area (Å²) in [6, 6.07) is 11.0. The lowest BCUT2D eigenvalue weighted by Gasteiger charge is -2.27. The molecule has 2 atom stereocenters. The number of nitrogens with one attached hydrogen (secondary N) is 3. The van der Waals surface area contributed by atoms with Crippen LogP contribution in [0.1, 0.15) is 68.8 Å². The molecule has 170 valence electrons. The van der Waals surface area contributed by atoms with Crippen LogP contribution in [0.15, 0.2) is 36.4 Å². The molecule has 1 saturated heterocycles. The van der Waals surface area contributed by atoms with E-state index in [0.717, 1.165) is 30.0 Å². The number of hydrogen-bond donors (Lipinski definition) is 3. The molecule has 33 heavy (non-hydrogen) atoms. The Kier molecular flexibility index (Phi) is 5.55. The van der Waals surface area contributed by atoms with Gasteiger partial charge in [-0.15, -0.1) is 0 Å². The number of benzene rings is 2. The molecule has 2 unspecified atom stereocenters. The molecule has 2 aromatic rings. The van der Waals surface area contributed by atoms with Crippen LogP contribution in [0.3, 0.4) is 0 Å². The first kappa shape index (κ1) is 21.5. The van der Waals surface area contributed by atoms with Crippen LogP contribution in [0.25, 0.3) is 0 Å². The zero-order valence-corrected chi connectivity index (χ0v) is 18.4. The lowest BCUT2D eigenvalue weighted by Crippen LogP contribution is -2.54. The van der Waals surface area contributed by atoms with Crippen molar-refractivity contribution in [2.75, 3.05) is 6.54 Å². The highest BCUT2D eigenvalue weighted by Crippen LogP contribution is 2.28. The van der Waals surface area contributed by atoms with Crippen LogP contribution in [0.4, 0.5) is 0 Å². The molecule has 3 heterocycles. The molecule has 8 nitrogen and oxygen atoms in total. The summed E-state index contributed by atoms with van der Waals surface area (Å²) in [7, 11) is 0. The molecular formula is C25H26N4O4. The fraction of sp³-hybridized carbons (Fsp3) is 0.360. The first-order valence-electron chi connectivity index (χ1n) is 11.3. The monoisotopic (exact) mass is 446 g/mol. The molecule has 3 aliphatic rings. The molecule has 0 radical (unpaired) electrons. The summed E-state index contributed by atoms with van der Waals surface area (Å²) in [6.07, 6.45) is 1.29. The lowest BCUT2D eigenvalue weighted by atomic mass is 9.96. The Labute approximate surface area is 191 Å². The van der Waals surface area contributed by atoms with Gasteiger partial charge in [0.2, 0.25) is 11.8 Å². The number of imide groups is 2. The Morgan fingerprint density at radius 3 is 2.64 bits per heavy atom. The molecule has 3 N–H and O–H groups in total. The average molecular weight is 447 g/mol. The molecule has 1 fully saturated rings. The second-order valence-electron chi connectivity index (χ2n) is 8.88. The number of carbonyl (C=O) groups is 4. The summed E-state index contributed by atoms with van der Waals surface area (Å²) in [4.78, 5) is 50.5. The molecule has 0 spiro atoms. The molecule has 3 aliphatic heterocycles. The number of hydrogen-bond acceptors (Lipinski definition) is 6. The summed E-state index contributed by atoms with van der Waals surface area (Å²) in [5, 5.41) is 9.10. The van der Waals surface area contributed by atoms with Gasteiger partial charge in [-0.2, -0.15) is 0 Å². The van der Waals surface area contributed by atoms with E-state index in [4.69, 9.17) is 0 Å². The number of fused-ring (bicyclic) bond motifs is 2. The van der Waals surface area contributed by atoms with Crippen LogP contribution >= 0.6 is 0 Å². The van der Waals surface area contributed by atoms with Gasteiger partial charge in [0.15, 0.2) is 0 Å². The maximum absolute atomic E-state index is 13.0. The Balaban J connectivity index is 1.29. The fourth-order valence-corrected chi connectivity index (χ4v) is 4.78. The van der Waals surface area contributed by atoms with E-state index in [1.807, 2.05) is 6.07 Å². The van der Waals surface area contributed by atoms with Crippen molar-refractivity contribution in [3.8, 4) is 0 Å². The maximum atomic E-state index is 13.0. The highest BCUT2D eigenvalue weighted by Gasteiger charge is 2.44. The van der Waals surface area contributed by atoms with Gasteiger partial charge >= 0.3 is 0 Å². The van der Waals surface area contributed by atoms with Crippen LogP contribution in [0, 0.1) is 0 Å². The second-order valence-corrected chi connectivity index (χ2v) is 8.88. The van der Waals surface area contributed by atoms with E-state index in [-0.39, 0.29) is 24.8 Å². The Bertz CT molecular complexity index is 1170. The number of rotatable bonds is 5. The largest absolute Gasteiger partial charge is 0.312 e. The number of nitrogens with zero attached hydrogens (tertiary/aromatic N) is 1. The van der Waals surface area contributed by atoms with Gasteiger partial charge in [-0.25, -0.2) is 0 Å². The van der Waals surface area contributed by atoms with Gasteiger partial charge < -0.3 is 10.6 Å². The summed E-state index contributed by atoms with van der Waals surface area (Å²) >= 11 is 0. The normalized spacial score (nSPS) is 21.0. The molecule has 0 bridgehead atoms. The van der Waals surface area contributed by atoms with Crippen molar-refractivity contribution in [1.29, 1.82) is 0 Å². The van der Waals surface area contributed by atoms with Gasteiger partial charge in [0.05, 0.1) is 11.1 Å². The Hall–Kier alpha value is -3.36. The van der Waals surface area contributed by atoms with Crippen molar-refractivity contribution >= 4 is 23.6 Å². The van der Waals surface area contributed by atoms with E-state index in [0.29, 0.717) is 17.7 Å². The molecule has 0 aromatic heterocycles. The highest BCUT2D eigenvalue weighted by atomic mass is 16.2. The zero-order chi connectivity index (χ0) is 23.1. The maximum Gasteiger partial charge on any atom is 0.262 e. The van der Waals surface area contributed by atoms with Crippen molar-refractivity contribution < 1.29 is 19.2 Å². The van der Waals surface area contributed by atoms with Crippen molar-refractivity contribution in [2.45, 2.75) is 51.4 Å². The van der Waals surface area contributed by atoms with Crippen LogP contribution in [-0.2, 0) is 29.1 Å². The van der Waals surface area contributed by atoms with Gasteiger partial charge in [-0.1, -0.05) is 24.3 Å². The van der Waals surface area contributed by atoms with Crippen molar-refractivity contribution in [3.63, 3.8) is 0 Å². The van der Waals surface area contributed by atoms with Crippen molar-refractivity contribution in [3.05, 3.63) is 69.8 Å². The van der Waals surface area contributed by atoms with Crippen molar-refractivity contribution in [1.82, 2.24) is 20.9 Å². The molecule has 4 amide bonds. The van der Waals surface area contributed by atoms with Gasteiger partial charge in [0, 0.05) is 25.6 Å². The quantitative estimate of drug-likeness (QED) is 0.602. The topological polar surface area (TPSA) is 108 Å². The average Bonchev–Trinajstić information content (AvgIpc) is 3.07. The first-order valence-corrected chi connectivity index (χ1v) is 11.3. The molecule has 0 aliphatic carbocycles. The highest BCUT2D eigenvalue weighted by molar-refractivity contribution is 6.23. The Morgan fingerprint density at radius 2 is 1.82 bits per heavy atom. The van der Waals surface area contributed by atoms with Crippen LogP contribution in [0.2, 0.25) is 0 Å². The predicted molar refractivity (Wildman–Crippen MR) is 120 cm³/mol. The van der Waals surface area contributed by atoms with Gasteiger partial charge in [-0.05, 0) is 60.7 Å². The molecule has 5 rings (SSSR count). The smallest absolute Gasteiger partial charge is 0.262 e. The predicted octanol–water partition coefficient (Wildman–Crippen LogP) is 1.58. The number of piperidine rings is 1. The van der Waals surface area contributed by atoms with Crippen LogP contribution in [0.5, 0.6) is 0 Å². The second kappa shape index (κ2) is 8.53. The standard InChI is InChI=1S/C25H26N4O4/c1-14(16-3-4-18-13-26-9-8-17(18)11-16)27-12-15-2-5-19-20(10-15)25(33)29(24(19)32)21-6-7-22(30)28-23(21)31/h2-5,10-11,14,21,26-27H,6-9,12-13H2,1H3,(H,28,30,31). The SMILES string of the molecule is CC(NCc1ccc2c(c1)C(=O)N(C1CCC(=O)NC1=O)C2=O)c1ccc2c(c1)CCNC2. The van der Waals surface area contributed by atoms with E-state index in [9.17, 15) is 19.2 Å². The molecular weight excluding hydrogens is 420 g/mol. The van der Waals surface area contributed by atoms with Crippen LogP contribution < -0.4 is 16.0 Å². The summed E-state index contributed by atoms with van der Waals surface area (Å²) in [6.45, 7) is 4.55. The van der Waals surface area contributed by atoms with E-state index in [2.05, 4.69) is 41.1 Å². The number of carbonyl (C=O) groups excluding carboxylic acids is 4. The van der Waals surface area contributed by atoms with Crippen molar-refractivity contribution in [2.24, 2.45) is 0 Å². The minimum absolute atomic E-state index is 0.107. The van der Waals surface area contributed by atoms with Gasteiger partial charge in [0.25, 0.3) is 11.8 Å². The van der Waals surface area contributed by atoms with E-state index < -0.39 is 23.8 Å². The van der Waals surface area contributed by atoms with E-state index in [1.54, 1.807) is 12.1 Å². The minimum Gasteiger partial charge on any atom is -0.312 e. The van der Waals surface area contributed by atoms with Crippen LogP contribution in [-0.4, -0.2) is 41.1 Å². The summed E-state index contributed by atoms with van der Waals surface area (Å²) in [5.74, 6) is -1.95. The fourth-order valence-electron chi connectivity index (χ4n) is 4.78. The first-order chi connectivity index (χ1) is 15.9. The minimum atomic E-state index is -0.948. The molecule has 2 aromatic carbocycles. The van der Waals surface area contributed by atoms with Gasteiger partial charge in [-0.3, -0.25) is 29.4 Å². The van der Waals surface area contributed by atoms with E-state index in [1.165, 1.54) is 16.7 Å². The third-order valence-corrected chi connectivity index (χ3v) is 6.73. The zero-order valence-electron chi connectivity index (χ0n) is 18.4.